The highest BCUT2D eigenvalue weighted by Crippen LogP contribution is 2.54. The van der Waals surface area contributed by atoms with Gasteiger partial charge in [0.1, 0.15) is 5.75 Å². The summed E-state index contributed by atoms with van der Waals surface area (Å²) in [5.41, 5.74) is 16.1. The van der Waals surface area contributed by atoms with Crippen LogP contribution >= 0.6 is 0 Å². The van der Waals surface area contributed by atoms with E-state index in [0.717, 1.165) is 46.4 Å². The number of aliphatic hydroxyl groups is 1. The van der Waals surface area contributed by atoms with Crippen LogP contribution < -0.4 is 20.7 Å². The molecule has 6 rings (SSSR count). The molecule has 4 N–H and O–H groups in total. The van der Waals surface area contributed by atoms with Crippen LogP contribution in [0.2, 0.25) is 0 Å². The molecular formula is C26H27N3O3. The Morgan fingerprint density at radius 3 is 2.91 bits per heavy atom. The molecule has 0 saturated carbocycles. The molecule has 2 atom stereocenters. The third-order valence-electron chi connectivity index (χ3n) is 7.42. The van der Waals surface area contributed by atoms with Crippen molar-refractivity contribution >= 4 is 11.6 Å². The van der Waals surface area contributed by atoms with Gasteiger partial charge in [-0.25, -0.2) is 0 Å². The minimum atomic E-state index is 0.00857. The molecule has 0 aromatic heterocycles. The number of amides is 1. The van der Waals surface area contributed by atoms with Gasteiger partial charge in [0.2, 0.25) is 0 Å². The first-order valence-electron chi connectivity index (χ1n) is 11.3. The van der Waals surface area contributed by atoms with Crippen molar-refractivity contribution in [1.29, 1.82) is 0 Å². The average molecular weight is 430 g/mol. The lowest BCUT2D eigenvalue weighted by atomic mass is 9.77. The zero-order chi connectivity index (χ0) is 22.0. The number of β-amino-alcohol motifs (C(OH)–C–C–N with tert-alkyl or cyclic N) is 1. The van der Waals surface area contributed by atoms with Gasteiger partial charge in [0.25, 0.3) is 5.91 Å². The normalized spacial score (nSPS) is 21.9. The van der Waals surface area contributed by atoms with Gasteiger partial charge in [-0.05, 0) is 58.4 Å². The summed E-state index contributed by atoms with van der Waals surface area (Å²) >= 11 is 0. The van der Waals surface area contributed by atoms with E-state index >= 15 is 0 Å². The fourth-order valence-electron chi connectivity index (χ4n) is 6.12. The number of hydrogen-bond acceptors (Lipinski definition) is 5. The van der Waals surface area contributed by atoms with E-state index in [1.165, 1.54) is 22.4 Å². The Morgan fingerprint density at radius 1 is 1.25 bits per heavy atom. The van der Waals surface area contributed by atoms with E-state index in [4.69, 9.17) is 10.5 Å². The molecule has 0 saturated heterocycles. The van der Waals surface area contributed by atoms with Crippen LogP contribution in [0, 0.1) is 0 Å². The summed E-state index contributed by atoms with van der Waals surface area (Å²) in [5.74, 6) is 0.991. The summed E-state index contributed by atoms with van der Waals surface area (Å²) in [4.78, 5) is 15.5. The lowest BCUT2D eigenvalue weighted by Gasteiger charge is -2.31. The molecule has 2 aliphatic carbocycles. The van der Waals surface area contributed by atoms with E-state index in [9.17, 15) is 9.90 Å². The molecule has 2 aromatic carbocycles. The second-order valence-electron chi connectivity index (χ2n) is 8.91. The Morgan fingerprint density at radius 2 is 2.12 bits per heavy atom. The molecule has 2 aromatic rings. The number of hydrogen-bond donors (Lipinski definition) is 3. The largest absolute Gasteiger partial charge is 0.497 e. The number of methoxy groups -OCH3 is 1. The van der Waals surface area contributed by atoms with Gasteiger partial charge in [0.05, 0.1) is 25.3 Å². The van der Waals surface area contributed by atoms with Crippen LogP contribution in [0.4, 0.5) is 5.69 Å². The van der Waals surface area contributed by atoms with E-state index in [0.29, 0.717) is 19.6 Å². The number of aryl methyl sites for hydroxylation is 1. The number of benzene rings is 2. The molecule has 4 aliphatic rings. The molecule has 6 nitrogen and oxygen atoms in total. The maximum absolute atomic E-state index is 13.1. The number of carbonyl (C=O) groups excluding carboxylic acids is 1. The van der Waals surface area contributed by atoms with Crippen LogP contribution in [0.3, 0.4) is 0 Å². The Kier molecular flexibility index (Phi) is 4.42. The molecule has 164 valence electrons. The van der Waals surface area contributed by atoms with E-state index in [2.05, 4.69) is 40.6 Å². The molecule has 2 unspecified atom stereocenters. The summed E-state index contributed by atoms with van der Waals surface area (Å²) in [5, 5.41) is 13.0. The minimum absolute atomic E-state index is 0.00857. The van der Waals surface area contributed by atoms with Crippen molar-refractivity contribution in [3.05, 3.63) is 69.8 Å². The second kappa shape index (κ2) is 7.22. The quantitative estimate of drug-likeness (QED) is 0.695. The van der Waals surface area contributed by atoms with Crippen molar-refractivity contribution in [3.63, 3.8) is 0 Å². The minimum Gasteiger partial charge on any atom is -0.497 e. The second-order valence-corrected chi connectivity index (χ2v) is 8.91. The van der Waals surface area contributed by atoms with Crippen LogP contribution in [-0.4, -0.2) is 43.9 Å². The first-order valence-corrected chi connectivity index (χ1v) is 11.3. The summed E-state index contributed by atoms with van der Waals surface area (Å²) in [6, 6.07) is 6.30. The molecule has 0 spiro atoms. The number of fused-ring (bicyclic) bond motifs is 10. The molecule has 32 heavy (non-hydrogen) atoms. The molecule has 0 fully saturated rings. The van der Waals surface area contributed by atoms with Crippen molar-refractivity contribution < 1.29 is 14.6 Å². The van der Waals surface area contributed by atoms with Crippen molar-refractivity contribution in [1.82, 2.24) is 5.32 Å². The topological polar surface area (TPSA) is 87.8 Å². The third kappa shape index (κ3) is 2.57. The van der Waals surface area contributed by atoms with Gasteiger partial charge in [0, 0.05) is 36.8 Å². The zero-order valence-corrected chi connectivity index (χ0v) is 18.1. The predicted molar refractivity (Wildman–Crippen MR) is 124 cm³/mol. The first-order chi connectivity index (χ1) is 15.7. The number of ether oxygens (including phenoxy) is 1. The van der Waals surface area contributed by atoms with Crippen LogP contribution in [0.1, 0.15) is 38.5 Å². The number of nitrogens with one attached hydrogen (secondary N) is 1. The number of nitrogens with two attached hydrogens (primary N) is 1. The Balaban J connectivity index is 1.66. The van der Waals surface area contributed by atoms with Crippen molar-refractivity contribution in [2.45, 2.75) is 31.3 Å². The molecular weight excluding hydrogens is 402 g/mol. The first kappa shape index (κ1) is 19.6. The lowest BCUT2D eigenvalue weighted by Crippen LogP contribution is -2.36. The molecule has 6 heteroatoms. The summed E-state index contributed by atoms with van der Waals surface area (Å²) in [6.07, 6.45) is 8.34. The highest BCUT2D eigenvalue weighted by molar-refractivity contribution is 6.08. The average Bonchev–Trinajstić information content (AvgIpc) is 3.36. The van der Waals surface area contributed by atoms with Gasteiger partial charge in [0.15, 0.2) is 0 Å². The molecule has 1 amide bonds. The molecule has 0 bridgehead atoms. The van der Waals surface area contributed by atoms with Crippen LogP contribution in [0.25, 0.3) is 11.1 Å². The van der Waals surface area contributed by atoms with Crippen molar-refractivity contribution in [2.24, 2.45) is 5.73 Å². The van der Waals surface area contributed by atoms with Gasteiger partial charge >= 0.3 is 0 Å². The third-order valence-corrected chi connectivity index (χ3v) is 7.42. The number of nitrogens with zero attached hydrogens (tertiary/aromatic N) is 1. The van der Waals surface area contributed by atoms with E-state index < -0.39 is 0 Å². The molecule has 0 radical (unpaired) electrons. The fourth-order valence-corrected chi connectivity index (χ4v) is 6.12. The number of anilines is 1. The van der Waals surface area contributed by atoms with Crippen LogP contribution in [0.15, 0.2) is 42.0 Å². The maximum Gasteiger partial charge on any atom is 0.252 e. The van der Waals surface area contributed by atoms with E-state index in [1.54, 1.807) is 7.11 Å². The van der Waals surface area contributed by atoms with Gasteiger partial charge in [-0.15, -0.1) is 0 Å². The Hall–Kier alpha value is -3.09. The summed E-state index contributed by atoms with van der Waals surface area (Å²) in [7, 11) is 1.68. The number of aliphatic hydroxyl groups excluding tert-OH is 1. The highest BCUT2D eigenvalue weighted by atomic mass is 16.5. The van der Waals surface area contributed by atoms with Crippen LogP contribution in [-0.2, 0) is 19.4 Å². The van der Waals surface area contributed by atoms with Crippen LogP contribution in [0.5, 0.6) is 5.75 Å². The monoisotopic (exact) mass is 429 g/mol. The lowest BCUT2D eigenvalue weighted by molar-refractivity contribution is 0.0966. The highest BCUT2D eigenvalue weighted by Gasteiger charge is 2.45. The van der Waals surface area contributed by atoms with Gasteiger partial charge < -0.3 is 25.8 Å². The van der Waals surface area contributed by atoms with Gasteiger partial charge in [-0.3, -0.25) is 4.79 Å². The summed E-state index contributed by atoms with van der Waals surface area (Å²) in [6.45, 7) is 1.68. The predicted octanol–water partition coefficient (Wildman–Crippen LogP) is 2.42. The Bertz CT molecular complexity index is 1210. The standard InChI is InChI=1S/C26H27N3O3/c1-32-16-4-6-17-15(11-16)3-5-18-22(17)24-20(13-28-26(24)31)23-19-10-14(12-27)2-7-21(19)29(8-9-30)25(18)23/h2,4,6-7,10-11,19,21,30H,3,5,8-9,12-13,27H2,1H3,(H,28,31). The maximum atomic E-state index is 13.1. The summed E-state index contributed by atoms with van der Waals surface area (Å²) < 4.78 is 5.45. The number of carbonyl (C=O) groups is 1. The van der Waals surface area contributed by atoms with Gasteiger partial charge in [-0.1, -0.05) is 24.3 Å². The fraction of sp³-hybridized carbons (Fsp3) is 0.346. The molecule has 2 heterocycles. The van der Waals surface area contributed by atoms with Gasteiger partial charge in [-0.2, -0.15) is 0 Å². The number of rotatable bonds is 4. The Labute approximate surface area is 187 Å². The zero-order valence-electron chi connectivity index (χ0n) is 18.1. The SMILES string of the molecule is COc1ccc2c(c1)CCc1c-2c2c(c3c1N(CCO)C1C=CC(CN)=CC31)CNC2=O. The van der Waals surface area contributed by atoms with E-state index in [-0.39, 0.29) is 24.5 Å². The van der Waals surface area contributed by atoms with Crippen molar-refractivity contribution in [2.75, 3.05) is 31.7 Å². The van der Waals surface area contributed by atoms with E-state index in [1.807, 2.05) is 6.07 Å². The van der Waals surface area contributed by atoms with Crippen molar-refractivity contribution in [3.8, 4) is 16.9 Å². The smallest absolute Gasteiger partial charge is 0.252 e. The molecule has 2 aliphatic heterocycles.